The second kappa shape index (κ2) is 14.0. The highest BCUT2D eigenvalue weighted by molar-refractivity contribution is 5.89. The number of benzene rings is 2. The summed E-state index contributed by atoms with van der Waals surface area (Å²) >= 11 is 0. The first-order chi connectivity index (χ1) is 18.1. The Morgan fingerprint density at radius 2 is 1.68 bits per heavy atom. The SMILES string of the molecule is CCCCCCCC(=O)NC(CN1CCCC1)C(OC(=O)c1ccccc1)c1ccc2c(c1)OCCO2. The molecular weight excluding hydrogens is 468 g/mol. The van der Waals surface area contributed by atoms with Gasteiger partial charge >= 0.3 is 5.97 Å². The number of esters is 1. The Morgan fingerprint density at radius 3 is 2.43 bits per heavy atom. The van der Waals surface area contributed by atoms with Gasteiger partial charge in [-0.2, -0.15) is 0 Å². The highest BCUT2D eigenvalue weighted by atomic mass is 16.6. The van der Waals surface area contributed by atoms with Crippen LogP contribution in [0.15, 0.2) is 48.5 Å². The molecular formula is C30H40N2O5. The Balaban J connectivity index is 1.57. The summed E-state index contributed by atoms with van der Waals surface area (Å²) in [5, 5.41) is 3.24. The minimum Gasteiger partial charge on any atom is -0.486 e. The fraction of sp³-hybridized carbons (Fsp3) is 0.533. The van der Waals surface area contributed by atoms with Crippen LogP contribution in [0.4, 0.5) is 0 Å². The highest BCUT2D eigenvalue weighted by Crippen LogP contribution is 2.35. The van der Waals surface area contributed by atoms with Gasteiger partial charge in [0.15, 0.2) is 11.5 Å². The van der Waals surface area contributed by atoms with Crippen LogP contribution in [0.25, 0.3) is 0 Å². The number of amides is 1. The summed E-state index contributed by atoms with van der Waals surface area (Å²) < 4.78 is 17.7. The van der Waals surface area contributed by atoms with Crippen molar-refractivity contribution in [2.24, 2.45) is 0 Å². The van der Waals surface area contributed by atoms with E-state index in [1.54, 1.807) is 12.1 Å². The zero-order chi connectivity index (χ0) is 25.9. The minimum atomic E-state index is -0.673. The molecule has 2 aromatic rings. The van der Waals surface area contributed by atoms with Gasteiger partial charge in [0.2, 0.25) is 5.91 Å². The summed E-state index contributed by atoms with van der Waals surface area (Å²) in [6.07, 6.45) is 7.50. The molecule has 200 valence electrons. The van der Waals surface area contributed by atoms with Crippen LogP contribution in [0.5, 0.6) is 11.5 Å². The Morgan fingerprint density at radius 1 is 0.946 bits per heavy atom. The summed E-state index contributed by atoms with van der Waals surface area (Å²) in [6.45, 7) is 5.72. The summed E-state index contributed by atoms with van der Waals surface area (Å²) in [5.74, 6) is 0.891. The number of nitrogens with one attached hydrogen (secondary N) is 1. The number of hydrogen-bond donors (Lipinski definition) is 1. The number of likely N-dealkylation sites (tertiary alicyclic amines) is 1. The number of ether oxygens (including phenoxy) is 3. The summed E-state index contributed by atoms with van der Waals surface area (Å²) in [4.78, 5) is 28.6. The third-order valence-corrected chi connectivity index (χ3v) is 7.01. The number of fused-ring (bicyclic) bond motifs is 1. The van der Waals surface area contributed by atoms with Crippen molar-refractivity contribution in [3.05, 3.63) is 59.7 Å². The fourth-order valence-electron chi connectivity index (χ4n) is 5.01. The maximum atomic E-state index is 13.2. The molecule has 0 saturated carbocycles. The molecule has 2 atom stereocenters. The summed E-state index contributed by atoms with van der Waals surface area (Å²) in [5.41, 5.74) is 1.26. The van der Waals surface area contributed by atoms with Crippen molar-refractivity contribution < 1.29 is 23.8 Å². The van der Waals surface area contributed by atoms with Crippen molar-refractivity contribution in [2.75, 3.05) is 32.8 Å². The first-order valence-corrected chi connectivity index (χ1v) is 13.8. The molecule has 4 rings (SSSR count). The number of unbranched alkanes of at least 4 members (excludes halogenated alkanes) is 4. The van der Waals surface area contributed by atoms with Crippen molar-refractivity contribution in [1.82, 2.24) is 10.2 Å². The van der Waals surface area contributed by atoms with Gasteiger partial charge in [0.25, 0.3) is 0 Å². The van der Waals surface area contributed by atoms with Crippen LogP contribution in [0.1, 0.15) is 80.3 Å². The Labute approximate surface area is 220 Å². The predicted octanol–water partition coefficient (Wildman–Crippen LogP) is 5.30. The quantitative estimate of drug-likeness (QED) is 0.292. The molecule has 7 heteroatoms. The number of carbonyl (C=O) groups is 2. The molecule has 0 spiro atoms. The van der Waals surface area contributed by atoms with Crippen molar-refractivity contribution in [2.45, 2.75) is 70.4 Å². The van der Waals surface area contributed by atoms with Gasteiger partial charge in [-0.3, -0.25) is 4.79 Å². The van der Waals surface area contributed by atoms with Gasteiger partial charge in [-0.15, -0.1) is 0 Å². The number of carbonyl (C=O) groups excluding carboxylic acids is 2. The molecule has 37 heavy (non-hydrogen) atoms. The van der Waals surface area contributed by atoms with Crippen molar-refractivity contribution in [3.63, 3.8) is 0 Å². The molecule has 0 bridgehead atoms. The molecule has 2 heterocycles. The lowest BCUT2D eigenvalue weighted by atomic mass is 9.99. The second-order valence-electron chi connectivity index (χ2n) is 9.94. The van der Waals surface area contributed by atoms with E-state index in [9.17, 15) is 9.59 Å². The molecule has 1 N–H and O–H groups in total. The molecule has 2 aliphatic heterocycles. The molecule has 2 aromatic carbocycles. The Hall–Kier alpha value is -3.06. The third-order valence-electron chi connectivity index (χ3n) is 7.01. The number of nitrogens with zero attached hydrogens (tertiary/aromatic N) is 1. The smallest absolute Gasteiger partial charge is 0.338 e. The number of hydrogen-bond acceptors (Lipinski definition) is 6. The van der Waals surface area contributed by atoms with Crippen LogP contribution < -0.4 is 14.8 Å². The lowest BCUT2D eigenvalue weighted by molar-refractivity contribution is -0.123. The van der Waals surface area contributed by atoms with Crippen molar-refractivity contribution in [3.8, 4) is 11.5 Å². The fourth-order valence-corrected chi connectivity index (χ4v) is 5.01. The van der Waals surface area contributed by atoms with E-state index in [1.165, 1.54) is 12.8 Å². The van der Waals surface area contributed by atoms with E-state index < -0.39 is 18.1 Å². The molecule has 2 aliphatic rings. The summed E-state index contributed by atoms with van der Waals surface area (Å²) in [6, 6.07) is 14.2. The molecule has 0 radical (unpaired) electrons. The standard InChI is InChI=1S/C30H40N2O5/c1-2-3-4-5-9-14-28(33)31-25(22-32-17-10-11-18-32)29(37-30(34)23-12-7-6-8-13-23)24-15-16-26-27(21-24)36-20-19-35-26/h6-8,12-13,15-16,21,25,29H,2-5,9-11,14,17-20,22H2,1H3,(H,31,33). The van der Waals surface area contributed by atoms with Gasteiger partial charge in [0, 0.05) is 13.0 Å². The van der Waals surface area contributed by atoms with Gasteiger partial charge in [-0.05, 0) is 62.2 Å². The number of rotatable bonds is 13. The molecule has 0 aliphatic carbocycles. The predicted molar refractivity (Wildman–Crippen MR) is 143 cm³/mol. The third kappa shape index (κ3) is 7.96. The van der Waals surface area contributed by atoms with Crippen LogP contribution in [0.2, 0.25) is 0 Å². The molecule has 1 fully saturated rings. The molecule has 7 nitrogen and oxygen atoms in total. The van der Waals surface area contributed by atoms with Gasteiger partial charge in [-0.1, -0.05) is 56.9 Å². The van der Waals surface area contributed by atoms with E-state index in [0.29, 0.717) is 43.2 Å². The average Bonchev–Trinajstić information content (AvgIpc) is 3.44. The second-order valence-corrected chi connectivity index (χ2v) is 9.94. The van der Waals surface area contributed by atoms with Crippen LogP contribution in [0, 0.1) is 0 Å². The zero-order valence-electron chi connectivity index (χ0n) is 22.0. The Kier molecular flexibility index (Phi) is 10.2. The van der Waals surface area contributed by atoms with E-state index in [-0.39, 0.29) is 5.91 Å². The van der Waals surface area contributed by atoms with Gasteiger partial charge in [0.05, 0.1) is 11.6 Å². The van der Waals surface area contributed by atoms with Gasteiger partial charge in [-0.25, -0.2) is 4.79 Å². The molecule has 0 aromatic heterocycles. The lowest BCUT2D eigenvalue weighted by Crippen LogP contribution is -2.47. The van der Waals surface area contributed by atoms with Crippen LogP contribution in [0.3, 0.4) is 0 Å². The van der Waals surface area contributed by atoms with Crippen molar-refractivity contribution in [1.29, 1.82) is 0 Å². The minimum absolute atomic E-state index is 0.000927. The van der Waals surface area contributed by atoms with Gasteiger partial charge in [0.1, 0.15) is 19.3 Å². The lowest BCUT2D eigenvalue weighted by Gasteiger charge is -2.32. The summed E-state index contributed by atoms with van der Waals surface area (Å²) in [7, 11) is 0. The highest BCUT2D eigenvalue weighted by Gasteiger charge is 2.32. The van der Waals surface area contributed by atoms with Gasteiger partial charge < -0.3 is 24.4 Å². The molecule has 2 unspecified atom stereocenters. The van der Waals surface area contributed by atoms with Crippen molar-refractivity contribution >= 4 is 11.9 Å². The van der Waals surface area contributed by atoms with Crippen LogP contribution in [-0.4, -0.2) is 55.7 Å². The largest absolute Gasteiger partial charge is 0.486 e. The van der Waals surface area contributed by atoms with E-state index in [2.05, 4.69) is 17.1 Å². The van der Waals surface area contributed by atoms with E-state index in [1.807, 2.05) is 36.4 Å². The molecule has 1 amide bonds. The van der Waals surface area contributed by atoms with E-state index in [0.717, 1.165) is 50.8 Å². The molecule has 1 saturated heterocycles. The van der Waals surface area contributed by atoms with E-state index in [4.69, 9.17) is 14.2 Å². The van der Waals surface area contributed by atoms with E-state index >= 15 is 0 Å². The maximum absolute atomic E-state index is 13.2. The maximum Gasteiger partial charge on any atom is 0.338 e. The topological polar surface area (TPSA) is 77.1 Å². The normalized spacial score (nSPS) is 16.7. The zero-order valence-corrected chi connectivity index (χ0v) is 22.0. The van der Waals surface area contributed by atoms with Crippen LogP contribution >= 0.6 is 0 Å². The average molecular weight is 509 g/mol. The van der Waals surface area contributed by atoms with Crippen LogP contribution in [-0.2, 0) is 9.53 Å². The monoisotopic (exact) mass is 508 g/mol. The first-order valence-electron chi connectivity index (χ1n) is 13.8. The Bertz CT molecular complexity index is 1010. The first kappa shape index (κ1) is 27.0.